The minimum Gasteiger partial charge on any atom is -0.379 e. The van der Waals surface area contributed by atoms with Crippen LogP contribution in [0.3, 0.4) is 0 Å². The molecule has 3 heterocycles. The van der Waals surface area contributed by atoms with Gasteiger partial charge in [-0.1, -0.05) is 13.8 Å². The molecule has 0 radical (unpaired) electrons. The Morgan fingerprint density at radius 3 is 2.57 bits per heavy atom. The molecule has 10 heteroatoms. The molecule has 2 aliphatic heterocycles. The number of nitrogens with two attached hydrogens (primary N) is 1. The number of morpholine rings is 1. The van der Waals surface area contributed by atoms with E-state index in [4.69, 9.17) is 10.5 Å². The van der Waals surface area contributed by atoms with E-state index in [9.17, 15) is 10.1 Å². The number of ether oxygens (including phenoxy) is 1. The molecule has 3 N–H and O–H groups in total. The number of nitrogens with one attached hydrogen (secondary N) is 1. The van der Waals surface area contributed by atoms with Crippen molar-refractivity contribution in [1.29, 1.82) is 0 Å². The third-order valence-corrected chi connectivity index (χ3v) is 5.28. The van der Waals surface area contributed by atoms with Crippen LogP contribution in [0.25, 0.3) is 0 Å². The van der Waals surface area contributed by atoms with Crippen molar-refractivity contribution in [2.45, 2.75) is 26.7 Å². The molecule has 10 nitrogen and oxygen atoms in total. The topological polar surface area (TPSA) is 123 Å². The van der Waals surface area contributed by atoms with E-state index in [-0.39, 0.29) is 11.5 Å². The molecule has 2 atom stereocenters. The lowest BCUT2D eigenvalue weighted by atomic mass is 9.92. The Kier molecular flexibility index (Phi) is 6.84. The number of aromatic nitrogens is 2. The molecule has 1 aromatic heterocycles. The second kappa shape index (κ2) is 9.33. The van der Waals surface area contributed by atoms with Crippen LogP contribution in [0.4, 0.5) is 23.3 Å². The Balaban J connectivity index is 1.68. The summed E-state index contributed by atoms with van der Waals surface area (Å²) in [6.07, 6.45) is 2.03. The Bertz CT molecular complexity index is 671. The van der Waals surface area contributed by atoms with E-state index >= 15 is 0 Å². The Morgan fingerprint density at radius 1 is 1.25 bits per heavy atom. The van der Waals surface area contributed by atoms with Crippen LogP contribution in [0, 0.1) is 22.0 Å². The second-order valence-electron chi connectivity index (χ2n) is 7.95. The fourth-order valence-electron chi connectivity index (χ4n) is 4.10. The molecule has 0 aliphatic carbocycles. The van der Waals surface area contributed by atoms with Crippen LogP contribution in [0.15, 0.2) is 0 Å². The maximum atomic E-state index is 11.6. The fraction of sp³-hybridized carbons (Fsp3) is 0.778. The summed E-state index contributed by atoms with van der Waals surface area (Å²) >= 11 is 0. The van der Waals surface area contributed by atoms with E-state index in [0.29, 0.717) is 30.1 Å². The molecule has 2 aliphatic rings. The van der Waals surface area contributed by atoms with Gasteiger partial charge >= 0.3 is 5.69 Å². The molecule has 3 rings (SSSR count). The molecule has 28 heavy (non-hydrogen) atoms. The van der Waals surface area contributed by atoms with Crippen LogP contribution in [0.2, 0.25) is 0 Å². The predicted octanol–water partition coefficient (Wildman–Crippen LogP) is 1.58. The number of nitrogen functional groups attached to an aromatic ring is 1. The van der Waals surface area contributed by atoms with Gasteiger partial charge in [0.05, 0.1) is 18.1 Å². The average Bonchev–Trinajstić information content (AvgIpc) is 2.64. The smallest absolute Gasteiger partial charge is 0.353 e. The zero-order valence-corrected chi connectivity index (χ0v) is 16.8. The normalized spacial score (nSPS) is 23.6. The van der Waals surface area contributed by atoms with Gasteiger partial charge in [-0.25, -0.2) is 0 Å². The van der Waals surface area contributed by atoms with Crippen molar-refractivity contribution < 1.29 is 9.66 Å². The summed E-state index contributed by atoms with van der Waals surface area (Å²) in [5.41, 5.74) is 5.74. The van der Waals surface area contributed by atoms with Crippen LogP contribution in [0.5, 0.6) is 0 Å². The highest BCUT2D eigenvalue weighted by Crippen LogP contribution is 2.35. The summed E-state index contributed by atoms with van der Waals surface area (Å²) in [6, 6.07) is 0. The highest BCUT2D eigenvalue weighted by molar-refractivity contribution is 5.71. The Labute approximate surface area is 165 Å². The monoisotopic (exact) mass is 393 g/mol. The lowest BCUT2D eigenvalue weighted by Gasteiger charge is -2.35. The van der Waals surface area contributed by atoms with Gasteiger partial charge in [-0.2, -0.15) is 9.97 Å². The van der Waals surface area contributed by atoms with Crippen molar-refractivity contribution in [1.82, 2.24) is 14.9 Å². The van der Waals surface area contributed by atoms with Crippen molar-refractivity contribution in [2.75, 3.05) is 68.4 Å². The van der Waals surface area contributed by atoms with Crippen molar-refractivity contribution >= 4 is 23.3 Å². The number of nitrogens with zero attached hydrogens (tertiary/aromatic N) is 5. The third-order valence-electron chi connectivity index (χ3n) is 5.28. The summed E-state index contributed by atoms with van der Waals surface area (Å²) in [7, 11) is 0. The molecule has 0 aromatic carbocycles. The quantitative estimate of drug-likeness (QED) is 0.404. The van der Waals surface area contributed by atoms with Crippen molar-refractivity contribution in [3.63, 3.8) is 0 Å². The number of hydrogen-bond acceptors (Lipinski definition) is 9. The molecule has 0 bridgehead atoms. The molecular weight excluding hydrogens is 362 g/mol. The minimum absolute atomic E-state index is 0.0865. The number of rotatable bonds is 7. The predicted molar refractivity (Wildman–Crippen MR) is 109 cm³/mol. The van der Waals surface area contributed by atoms with E-state index in [1.165, 1.54) is 0 Å². The SMILES string of the molecule is C[C@@H]1C[C@@H](C)CN(c2nc(NCCCN3CCOCC3)nc(N)c2[N+](=O)[O-])C1. The van der Waals surface area contributed by atoms with Crippen LogP contribution in [-0.4, -0.2) is 72.3 Å². The van der Waals surface area contributed by atoms with Gasteiger partial charge in [0.15, 0.2) is 0 Å². The van der Waals surface area contributed by atoms with Crippen molar-refractivity contribution in [3.8, 4) is 0 Å². The minimum atomic E-state index is -0.475. The average molecular weight is 393 g/mol. The van der Waals surface area contributed by atoms with E-state index < -0.39 is 4.92 Å². The lowest BCUT2D eigenvalue weighted by Crippen LogP contribution is -2.39. The molecule has 2 fully saturated rings. The van der Waals surface area contributed by atoms with Crippen LogP contribution >= 0.6 is 0 Å². The molecule has 0 saturated carbocycles. The lowest BCUT2D eigenvalue weighted by molar-refractivity contribution is -0.383. The van der Waals surface area contributed by atoms with Crippen LogP contribution in [0.1, 0.15) is 26.7 Å². The van der Waals surface area contributed by atoms with Gasteiger partial charge in [0.1, 0.15) is 0 Å². The zero-order valence-electron chi connectivity index (χ0n) is 16.8. The zero-order chi connectivity index (χ0) is 20.1. The highest BCUT2D eigenvalue weighted by Gasteiger charge is 2.31. The number of anilines is 3. The van der Waals surface area contributed by atoms with Gasteiger partial charge in [-0.15, -0.1) is 0 Å². The first-order valence-electron chi connectivity index (χ1n) is 10.0. The molecule has 2 saturated heterocycles. The maximum absolute atomic E-state index is 11.6. The number of hydrogen-bond donors (Lipinski definition) is 2. The highest BCUT2D eigenvalue weighted by atomic mass is 16.6. The molecule has 0 unspecified atom stereocenters. The summed E-state index contributed by atoms with van der Waals surface area (Å²) in [6.45, 7) is 10.9. The van der Waals surface area contributed by atoms with E-state index in [1.807, 2.05) is 4.90 Å². The van der Waals surface area contributed by atoms with Crippen molar-refractivity contribution in [3.05, 3.63) is 10.1 Å². The first-order valence-corrected chi connectivity index (χ1v) is 10.0. The Hall–Kier alpha value is -2.20. The maximum Gasteiger partial charge on any atom is 0.353 e. The Morgan fingerprint density at radius 2 is 1.93 bits per heavy atom. The molecule has 0 spiro atoms. The summed E-state index contributed by atoms with van der Waals surface area (Å²) < 4.78 is 5.35. The summed E-state index contributed by atoms with van der Waals surface area (Å²) in [5.74, 6) is 1.49. The summed E-state index contributed by atoms with van der Waals surface area (Å²) in [4.78, 5) is 24.0. The van der Waals surface area contributed by atoms with Gasteiger partial charge in [-0.3, -0.25) is 15.0 Å². The van der Waals surface area contributed by atoms with Crippen molar-refractivity contribution in [2.24, 2.45) is 11.8 Å². The van der Waals surface area contributed by atoms with Gasteiger partial charge in [-0.05, 0) is 31.2 Å². The standard InChI is InChI=1S/C18H31N7O3/c1-13-10-14(2)12-24(11-13)17-15(25(26)27)16(19)21-18(22-17)20-4-3-5-23-6-8-28-9-7-23/h13-14H,3-12H2,1-2H3,(H3,19,20,21,22)/t13-,14-/m1/s1. The van der Waals surface area contributed by atoms with Gasteiger partial charge in [0.25, 0.3) is 0 Å². The second-order valence-corrected chi connectivity index (χ2v) is 7.95. The first kappa shape index (κ1) is 20.5. The first-order chi connectivity index (χ1) is 13.4. The van der Waals surface area contributed by atoms with Crippen LogP contribution < -0.4 is 16.0 Å². The largest absolute Gasteiger partial charge is 0.379 e. The number of piperidine rings is 1. The third kappa shape index (κ3) is 5.20. The van der Waals surface area contributed by atoms with Crippen LogP contribution in [-0.2, 0) is 4.74 Å². The van der Waals surface area contributed by atoms with E-state index in [1.54, 1.807) is 0 Å². The molecule has 156 valence electrons. The van der Waals surface area contributed by atoms with Gasteiger partial charge in [0, 0.05) is 32.7 Å². The van der Waals surface area contributed by atoms with E-state index in [0.717, 1.165) is 58.8 Å². The fourth-order valence-corrected chi connectivity index (χ4v) is 4.10. The summed E-state index contributed by atoms with van der Waals surface area (Å²) in [5, 5.41) is 14.8. The molecule has 1 aromatic rings. The van der Waals surface area contributed by atoms with Gasteiger partial charge < -0.3 is 20.7 Å². The number of nitro groups is 1. The molecular formula is C18H31N7O3. The van der Waals surface area contributed by atoms with Gasteiger partial charge in [0.2, 0.25) is 17.6 Å². The van der Waals surface area contributed by atoms with E-state index in [2.05, 4.69) is 34.0 Å². The molecule has 0 amide bonds.